The van der Waals surface area contributed by atoms with Crippen LogP contribution in [-0.2, 0) is 9.53 Å². The predicted octanol–water partition coefficient (Wildman–Crippen LogP) is 3.53. The number of likely N-dealkylation sites (tertiary alicyclic amines) is 1. The second kappa shape index (κ2) is 8.77. The zero-order chi connectivity index (χ0) is 16.7. The number of nitrogens with one attached hydrogen (secondary N) is 1. The molecule has 1 fully saturated rings. The number of ether oxygens (including phenoxy) is 1. The van der Waals surface area contributed by atoms with Crippen LogP contribution in [0, 0.1) is 0 Å². The van der Waals surface area contributed by atoms with Crippen molar-refractivity contribution >= 4 is 23.6 Å². The molecule has 0 aliphatic carbocycles. The molecule has 0 radical (unpaired) electrons. The molecule has 1 N–H and O–H groups in total. The van der Waals surface area contributed by atoms with Gasteiger partial charge in [-0.2, -0.15) is 0 Å². The largest absolute Gasteiger partial charge is 0.465 e. The topological polar surface area (TPSA) is 58.6 Å². The Balaban J connectivity index is 2.10. The maximum Gasteiger partial charge on any atom is 0.325 e. The van der Waals surface area contributed by atoms with Crippen LogP contribution in [0.4, 0.5) is 4.79 Å². The molecule has 1 aromatic carbocycles. The number of amides is 2. The summed E-state index contributed by atoms with van der Waals surface area (Å²) < 4.78 is 4.84. The van der Waals surface area contributed by atoms with Crippen LogP contribution in [-0.4, -0.2) is 36.6 Å². The molecule has 1 aliphatic heterocycles. The summed E-state index contributed by atoms with van der Waals surface area (Å²) >= 11 is 6.32. The molecule has 1 aliphatic rings. The van der Waals surface area contributed by atoms with Gasteiger partial charge in [0, 0.05) is 11.6 Å². The van der Waals surface area contributed by atoms with Crippen LogP contribution in [0.5, 0.6) is 0 Å². The van der Waals surface area contributed by atoms with Crippen molar-refractivity contribution in [3.05, 3.63) is 34.9 Å². The molecule has 1 heterocycles. The van der Waals surface area contributed by atoms with Gasteiger partial charge in [-0.25, -0.2) is 4.79 Å². The Labute approximate surface area is 141 Å². The van der Waals surface area contributed by atoms with E-state index in [-0.39, 0.29) is 18.6 Å². The minimum Gasteiger partial charge on any atom is -0.465 e. The van der Waals surface area contributed by atoms with Gasteiger partial charge < -0.3 is 15.0 Å². The van der Waals surface area contributed by atoms with Crippen LogP contribution in [0.25, 0.3) is 0 Å². The maximum atomic E-state index is 12.5. The number of halogens is 1. The van der Waals surface area contributed by atoms with E-state index in [1.165, 1.54) is 0 Å². The van der Waals surface area contributed by atoms with E-state index in [0.29, 0.717) is 18.2 Å². The van der Waals surface area contributed by atoms with E-state index < -0.39 is 5.97 Å². The highest BCUT2D eigenvalue weighted by Gasteiger charge is 2.28. The molecular weight excluding hydrogens is 316 g/mol. The first-order valence-corrected chi connectivity index (χ1v) is 8.45. The summed E-state index contributed by atoms with van der Waals surface area (Å²) in [4.78, 5) is 25.7. The van der Waals surface area contributed by atoms with Crippen molar-refractivity contribution in [1.29, 1.82) is 0 Å². The fraction of sp³-hybridized carbons (Fsp3) is 0.529. The summed E-state index contributed by atoms with van der Waals surface area (Å²) in [6.45, 7) is 2.59. The third kappa shape index (κ3) is 4.86. The molecule has 1 saturated heterocycles. The summed E-state index contributed by atoms with van der Waals surface area (Å²) in [6, 6.07) is 7.31. The van der Waals surface area contributed by atoms with Gasteiger partial charge in [0.05, 0.1) is 12.6 Å². The Kier molecular flexibility index (Phi) is 6.71. The zero-order valence-electron chi connectivity index (χ0n) is 13.4. The van der Waals surface area contributed by atoms with Gasteiger partial charge in [-0.15, -0.1) is 0 Å². The second-order valence-corrected chi connectivity index (χ2v) is 5.95. The van der Waals surface area contributed by atoms with E-state index in [0.717, 1.165) is 31.2 Å². The zero-order valence-corrected chi connectivity index (χ0v) is 14.1. The fourth-order valence-corrected chi connectivity index (χ4v) is 3.14. The first-order valence-electron chi connectivity index (χ1n) is 8.08. The van der Waals surface area contributed by atoms with Gasteiger partial charge in [-0.05, 0) is 31.4 Å². The number of carbonyl (C=O) groups excluding carboxylic acids is 2. The molecule has 6 heteroatoms. The highest BCUT2D eigenvalue weighted by molar-refractivity contribution is 6.31. The average Bonchev–Trinajstić information content (AvgIpc) is 2.79. The van der Waals surface area contributed by atoms with Gasteiger partial charge in [-0.1, -0.05) is 42.6 Å². The summed E-state index contributed by atoms with van der Waals surface area (Å²) in [5, 5.41) is 3.32. The molecule has 0 aromatic heterocycles. The standard InChI is InChI=1S/C17H23ClN2O3/c1-2-23-16(21)12-19-17(22)20-11-7-3-4-10-15(20)13-8-5-6-9-14(13)18/h5-6,8-9,15H,2-4,7,10-12H2,1H3,(H,19,22)/t15-/m1/s1. The van der Waals surface area contributed by atoms with Crippen LogP contribution < -0.4 is 5.32 Å². The van der Waals surface area contributed by atoms with Crippen LogP contribution in [0.3, 0.4) is 0 Å². The van der Waals surface area contributed by atoms with Crippen molar-refractivity contribution in [2.45, 2.75) is 38.6 Å². The molecule has 0 bridgehead atoms. The number of hydrogen-bond acceptors (Lipinski definition) is 3. The predicted molar refractivity (Wildman–Crippen MR) is 89.4 cm³/mol. The van der Waals surface area contributed by atoms with Crippen molar-refractivity contribution in [1.82, 2.24) is 10.2 Å². The third-order valence-corrected chi connectivity index (χ3v) is 4.31. The number of carbonyl (C=O) groups is 2. The van der Waals surface area contributed by atoms with Crippen LogP contribution in [0.1, 0.15) is 44.2 Å². The molecule has 2 amide bonds. The molecule has 0 spiro atoms. The summed E-state index contributed by atoms with van der Waals surface area (Å²) in [5.41, 5.74) is 0.961. The minimum absolute atomic E-state index is 0.0617. The Morgan fingerprint density at radius 2 is 2.09 bits per heavy atom. The van der Waals surface area contributed by atoms with Crippen LogP contribution >= 0.6 is 11.6 Å². The van der Waals surface area contributed by atoms with Crippen molar-refractivity contribution in [2.24, 2.45) is 0 Å². The highest BCUT2D eigenvalue weighted by atomic mass is 35.5. The van der Waals surface area contributed by atoms with Gasteiger partial charge in [0.2, 0.25) is 0 Å². The Hall–Kier alpha value is -1.75. The van der Waals surface area contributed by atoms with Gasteiger partial charge in [-0.3, -0.25) is 4.79 Å². The Morgan fingerprint density at radius 1 is 1.30 bits per heavy atom. The lowest BCUT2D eigenvalue weighted by atomic mass is 10.0. The van der Waals surface area contributed by atoms with Crippen LogP contribution in [0.15, 0.2) is 24.3 Å². The number of esters is 1. The molecule has 5 nitrogen and oxygen atoms in total. The fourth-order valence-electron chi connectivity index (χ4n) is 2.88. The Morgan fingerprint density at radius 3 is 2.83 bits per heavy atom. The number of rotatable bonds is 4. The molecule has 23 heavy (non-hydrogen) atoms. The van der Waals surface area contributed by atoms with Crippen LogP contribution in [0.2, 0.25) is 5.02 Å². The Bertz CT molecular complexity index is 550. The summed E-state index contributed by atoms with van der Waals surface area (Å²) in [7, 11) is 0. The number of benzene rings is 1. The normalized spacial score (nSPS) is 18.2. The van der Waals surface area contributed by atoms with Gasteiger partial charge >= 0.3 is 12.0 Å². The lowest BCUT2D eigenvalue weighted by Gasteiger charge is -2.31. The lowest BCUT2D eigenvalue weighted by molar-refractivity contribution is -0.141. The first kappa shape index (κ1) is 17.6. The smallest absolute Gasteiger partial charge is 0.325 e. The van der Waals surface area contributed by atoms with E-state index in [2.05, 4.69) is 5.32 Å². The number of hydrogen-bond donors (Lipinski definition) is 1. The van der Waals surface area contributed by atoms with E-state index in [1.54, 1.807) is 11.8 Å². The van der Waals surface area contributed by atoms with Crippen molar-refractivity contribution in [2.75, 3.05) is 19.7 Å². The van der Waals surface area contributed by atoms with E-state index in [9.17, 15) is 9.59 Å². The van der Waals surface area contributed by atoms with E-state index in [1.807, 2.05) is 24.3 Å². The molecule has 126 valence electrons. The monoisotopic (exact) mass is 338 g/mol. The number of urea groups is 1. The molecular formula is C17H23ClN2O3. The first-order chi connectivity index (χ1) is 11.1. The highest BCUT2D eigenvalue weighted by Crippen LogP contribution is 2.34. The third-order valence-electron chi connectivity index (χ3n) is 3.97. The van der Waals surface area contributed by atoms with Gasteiger partial charge in [0.15, 0.2) is 0 Å². The van der Waals surface area contributed by atoms with E-state index >= 15 is 0 Å². The maximum absolute atomic E-state index is 12.5. The molecule has 0 saturated carbocycles. The number of nitrogens with zero attached hydrogens (tertiary/aromatic N) is 1. The quantitative estimate of drug-likeness (QED) is 0.854. The van der Waals surface area contributed by atoms with Gasteiger partial charge in [0.25, 0.3) is 0 Å². The summed E-state index contributed by atoms with van der Waals surface area (Å²) in [6.07, 6.45) is 3.96. The molecule has 2 rings (SSSR count). The molecule has 0 unspecified atom stereocenters. The molecule has 1 atom stereocenters. The molecule has 1 aromatic rings. The van der Waals surface area contributed by atoms with Crippen molar-refractivity contribution in [3.8, 4) is 0 Å². The van der Waals surface area contributed by atoms with Crippen molar-refractivity contribution < 1.29 is 14.3 Å². The van der Waals surface area contributed by atoms with Crippen molar-refractivity contribution in [3.63, 3.8) is 0 Å². The lowest BCUT2D eigenvalue weighted by Crippen LogP contribution is -2.44. The minimum atomic E-state index is -0.426. The van der Waals surface area contributed by atoms with Gasteiger partial charge in [0.1, 0.15) is 6.54 Å². The SMILES string of the molecule is CCOC(=O)CNC(=O)N1CCCCC[C@@H]1c1ccccc1Cl. The van der Waals surface area contributed by atoms with E-state index in [4.69, 9.17) is 16.3 Å². The average molecular weight is 339 g/mol. The summed E-state index contributed by atoms with van der Waals surface area (Å²) in [5.74, 6) is -0.426. The second-order valence-electron chi connectivity index (χ2n) is 5.54.